The fourth-order valence-electron chi connectivity index (χ4n) is 0.227. The number of rotatable bonds is 0. The molecule has 0 unspecified atom stereocenters. The van der Waals surface area contributed by atoms with Crippen molar-refractivity contribution < 1.29 is 17.4 Å². The van der Waals surface area contributed by atoms with Crippen molar-refractivity contribution in [2.75, 3.05) is 0 Å². The second-order valence-corrected chi connectivity index (χ2v) is 1.61. The molecule has 0 spiro atoms. The largest absolute Gasteiger partial charge is 0.152 e. The summed E-state index contributed by atoms with van der Waals surface area (Å²) in [5, 5.41) is 4.08. The Bertz CT molecular complexity index is 64.0. The Morgan fingerprint density at radius 3 is 1.67 bits per heavy atom. The zero-order valence-corrected chi connectivity index (χ0v) is 5.22. The molecule has 0 bridgehead atoms. The summed E-state index contributed by atoms with van der Waals surface area (Å²) in [7, 11) is 0. The van der Waals surface area contributed by atoms with Crippen molar-refractivity contribution in [1.29, 1.82) is 0 Å². The van der Waals surface area contributed by atoms with Gasteiger partial charge in [0.2, 0.25) is 0 Å². The van der Waals surface area contributed by atoms with E-state index in [4.69, 9.17) is 0 Å². The van der Waals surface area contributed by atoms with E-state index in [1.165, 1.54) is 0 Å². The summed E-state index contributed by atoms with van der Waals surface area (Å²) < 4.78 is 0. The zero-order valence-electron chi connectivity index (χ0n) is 3.13. The molecule has 0 fully saturated rings. The molecule has 0 aliphatic rings. The Hall–Kier alpha value is 0.232. The van der Waals surface area contributed by atoms with Gasteiger partial charge in [-0.15, -0.1) is 0 Å². The van der Waals surface area contributed by atoms with Crippen molar-refractivity contribution in [2.45, 2.75) is 0 Å². The molecule has 6 heavy (non-hydrogen) atoms. The molecule has 0 N–H and O–H groups in total. The Balaban J connectivity index is 0.000000250. The number of thiophene rings is 1. The molecule has 1 heterocycles. The van der Waals surface area contributed by atoms with Crippen molar-refractivity contribution in [3.63, 3.8) is 0 Å². The van der Waals surface area contributed by atoms with Crippen LogP contribution in [0.15, 0.2) is 22.9 Å². The summed E-state index contributed by atoms with van der Waals surface area (Å²) in [5.41, 5.74) is 0. The molecule has 0 atom stereocenters. The topological polar surface area (TPSA) is 0 Å². The fraction of sp³-hybridized carbons (Fsp3) is 0. The monoisotopic (exact) mass is 136 g/mol. The van der Waals surface area contributed by atoms with Crippen LogP contribution in [-0.2, 0) is 17.4 Å². The minimum atomic E-state index is 0. The van der Waals surface area contributed by atoms with Crippen molar-refractivity contribution in [2.24, 2.45) is 0 Å². The van der Waals surface area contributed by atoms with E-state index in [0.717, 1.165) is 0 Å². The molecule has 0 amide bonds. The van der Waals surface area contributed by atoms with Crippen LogP contribution in [-0.4, -0.2) is 0 Å². The van der Waals surface area contributed by atoms with Crippen LogP contribution in [0.2, 0.25) is 0 Å². The Kier molecular flexibility index (Phi) is 3.56. The van der Waals surface area contributed by atoms with Gasteiger partial charge in [-0.1, -0.05) is 12.1 Å². The molecular weight excluding hydrogens is 132 g/mol. The van der Waals surface area contributed by atoms with Gasteiger partial charge in [0.1, 0.15) is 0 Å². The van der Waals surface area contributed by atoms with Crippen LogP contribution in [0.25, 0.3) is 0 Å². The predicted molar refractivity (Wildman–Crippen MR) is 24.3 cm³/mol. The molecule has 32 valence electrons. The summed E-state index contributed by atoms with van der Waals surface area (Å²) in [6.45, 7) is 0. The average molecular weight is 136 g/mol. The minimum Gasteiger partial charge on any atom is -0.152 e. The van der Waals surface area contributed by atoms with Crippen LogP contribution in [0.1, 0.15) is 0 Å². The Morgan fingerprint density at radius 2 is 1.50 bits per heavy atom. The van der Waals surface area contributed by atoms with E-state index < -0.39 is 0 Å². The maximum absolute atomic E-state index is 2.04. The van der Waals surface area contributed by atoms with E-state index >= 15 is 0 Å². The SMILES string of the molecule is [Cr].c1ccsc1. The van der Waals surface area contributed by atoms with Gasteiger partial charge in [-0.3, -0.25) is 0 Å². The van der Waals surface area contributed by atoms with E-state index in [-0.39, 0.29) is 17.4 Å². The van der Waals surface area contributed by atoms with E-state index in [2.05, 4.69) is 0 Å². The van der Waals surface area contributed by atoms with Gasteiger partial charge >= 0.3 is 0 Å². The normalized spacial score (nSPS) is 6.67. The molecule has 0 saturated heterocycles. The van der Waals surface area contributed by atoms with E-state index in [1.807, 2.05) is 22.9 Å². The molecule has 0 saturated carbocycles. The molecule has 0 aliphatic heterocycles. The molecule has 2 heteroatoms. The number of hydrogen-bond acceptors (Lipinski definition) is 1. The molecule has 0 aromatic carbocycles. The quantitative estimate of drug-likeness (QED) is 0.509. The fourth-order valence-corrected chi connectivity index (χ4v) is 0.680. The maximum Gasteiger partial charge on any atom is 0 e. The van der Waals surface area contributed by atoms with Crippen molar-refractivity contribution in [1.82, 2.24) is 0 Å². The van der Waals surface area contributed by atoms with Crippen LogP contribution < -0.4 is 0 Å². The average Bonchev–Trinajstić information content (AvgIpc) is 1.76. The molecule has 0 radical (unpaired) electrons. The van der Waals surface area contributed by atoms with Crippen molar-refractivity contribution in [3.8, 4) is 0 Å². The second-order valence-electron chi connectivity index (χ2n) is 0.793. The van der Waals surface area contributed by atoms with Gasteiger partial charge in [0, 0.05) is 17.4 Å². The molecule has 1 aromatic rings. The van der Waals surface area contributed by atoms with Gasteiger partial charge < -0.3 is 0 Å². The third-order valence-electron chi connectivity index (χ3n) is 0.425. The molecule has 1 aromatic heterocycles. The van der Waals surface area contributed by atoms with E-state index in [0.29, 0.717) is 0 Å². The third kappa shape index (κ3) is 1.62. The van der Waals surface area contributed by atoms with E-state index in [9.17, 15) is 0 Å². The standard InChI is InChI=1S/C4H4S.Cr/c1-2-4-5-3-1;/h1-4H;. The van der Waals surface area contributed by atoms with Crippen molar-refractivity contribution >= 4 is 11.3 Å². The first-order chi connectivity index (χ1) is 2.50. The molecular formula is C4H4CrS. The first-order valence-electron chi connectivity index (χ1n) is 1.47. The van der Waals surface area contributed by atoms with Crippen molar-refractivity contribution in [3.05, 3.63) is 22.9 Å². The summed E-state index contributed by atoms with van der Waals surface area (Å²) in [4.78, 5) is 0. The van der Waals surface area contributed by atoms with Gasteiger partial charge in [-0.2, -0.15) is 11.3 Å². The summed E-state index contributed by atoms with van der Waals surface area (Å²) in [6.07, 6.45) is 0. The molecule has 0 aliphatic carbocycles. The number of hydrogen-bond donors (Lipinski definition) is 0. The van der Waals surface area contributed by atoms with Crippen LogP contribution in [0.4, 0.5) is 0 Å². The van der Waals surface area contributed by atoms with Gasteiger partial charge in [-0.05, 0) is 10.8 Å². The van der Waals surface area contributed by atoms with Gasteiger partial charge in [0.25, 0.3) is 0 Å². The molecule has 1 rings (SSSR count). The predicted octanol–water partition coefficient (Wildman–Crippen LogP) is 1.75. The van der Waals surface area contributed by atoms with Crippen LogP contribution in [0.5, 0.6) is 0 Å². The van der Waals surface area contributed by atoms with Crippen LogP contribution in [0, 0.1) is 0 Å². The van der Waals surface area contributed by atoms with Gasteiger partial charge in [0.15, 0.2) is 0 Å². The van der Waals surface area contributed by atoms with E-state index in [1.54, 1.807) is 11.3 Å². The molecule has 0 nitrogen and oxygen atoms in total. The zero-order chi connectivity index (χ0) is 3.54. The summed E-state index contributed by atoms with van der Waals surface area (Å²) in [5.74, 6) is 0. The Labute approximate surface area is 51.9 Å². The summed E-state index contributed by atoms with van der Waals surface area (Å²) in [6, 6.07) is 4.04. The smallest absolute Gasteiger partial charge is 0 e. The van der Waals surface area contributed by atoms with Gasteiger partial charge in [0.05, 0.1) is 0 Å². The minimum absolute atomic E-state index is 0. The first-order valence-corrected chi connectivity index (χ1v) is 2.41. The third-order valence-corrected chi connectivity index (χ3v) is 1.05. The van der Waals surface area contributed by atoms with Crippen LogP contribution >= 0.6 is 11.3 Å². The Morgan fingerprint density at radius 1 is 1.00 bits per heavy atom. The maximum atomic E-state index is 2.04. The van der Waals surface area contributed by atoms with Crippen LogP contribution in [0.3, 0.4) is 0 Å². The first kappa shape index (κ1) is 6.23. The summed E-state index contributed by atoms with van der Waals surface area (Å²) >= 11 is 1.71. The van der Waals surface area contributed by atoms with Gasteiger partial charge in [-0.25, -0.2) is 0 Å². The second kappa shape index (κ2) is 3.42.